The minimum atomic E-state index is -1.08. The van der Waals surface area contributed by atoms with E-state index >= 15 is 0 Å². The van der Waals surface area contributed by atoms with Crippen molar-refractivity contribution >= 4 is 46.7 Å². The van der Waals surface area contributed by atoms with Crippen LogP contribution in [-0.4, -0.2) is 39.6 Å². The first-order chi connectivity index (χ1) is 9.36. The molecule has 2 N–H and O–H groups in total. The van der Waals surface area contributed by atoms with Crippen LogP contribution in [0, 0.1) is 6.92 Å². The lowest BCUT2D eigenvalue weighted by Crippen LogP contribution is -2.21. The number of carbonyl (C=O) groups is 2. The van der Waals surface area contributed by atoms with Crippen LogP contribution in [0.25, 0.3) is 0 Å². The van der Waals surface area contributed by atoms with Gasteiger partial charge < -0.3 is 10.2 Å². The van der Waals surface area contributed by atoms with Crippen LogP contribution in [0.2, 0.25) is 10.0 Å². The van der Waals surface area contributed by atoms with Gasteiger partial charge in [0, 0.05) is 27.8 Å². The van der Waals surface area contributed by atoms with Gasteiger partial charge in [0.1, 0.15) is 5.25 Å². The number of carbonyl (C=O) groups excluding carboxylic acids is 1. The fourth-order valence-corrected chi connectivity index (χ4v) is 2.79. The maximum Gasteiger partial charge on any atom is 0.317 e. The van der Waals surface area contributed by atoms with Crippen LogP contribution < -0.4 is 0 Å². The van der Waals surface area contributed by atoms with E-state index in [1.165, 1.54) is 12.1 Å². The Kier molecular flexibility index (Phi) is 6.82. The van der Waals surface area contributed by atoms with Crippen LogP contribution in [0.4, 0.5) is 0 Å². The second kappa shape index (κ2) is 7.88. The Labute approximate surface area is 131 Å². The highest BCUT2D eigenvalue weighted by atomic mass is 35.5. The smallest absolute Gasteiger partial charge is 0.317 e. The van der Waals surface area contributed by atoms with Crippen molar-refractivity contribution in [3.63, 3.8) is 0 Å². The summed E-state index contributed by atoms with van der Waals surface area (Å²) < 4.78 is 0. The first-order valence-corrected chi connectivity index (χ1v) is 7.61. The second-order valence-electron chi connectivity index (χ2n) is 4.11. The van der Waals surface area contributed by atoms with Crippen LogP contribution in [0.5, 0.6) is 0 Å². The molecule has 0 aliphatic carbocycles. The molecule has 0 aliphatic heterocycles. The summed E-state index contributed by atoms with van der Waals surface area (Å²) in [5.74, 6) is -1.16. The highest BCUT2D eigenvalue weighted by Gasteiger charge is 2.23. The number of hydrogen-bond acceptors (Lipinski definition) is 4. The van der Waals surface area contributed by atoms with Crippen LogP contribution in [0.3, 0.4) is 0 Å². The van der Waals surface area contributed by atoms with E-state index in [4.69, 9.17) is 33.4 Å². The Bertz CT molecular complexity index is 496. The average Bonchev–Trinajstić information content (AvgIpc) is 2.39. The molecule has 110 valence electrons. The molecule has 7 heteroatoms. The fraction of sp³-hybridized carbons (Fsp3) is 0.385. The maximum absolute atomic E-state index is 12.1. The Hall–Kier alpha value is -0.750. The Morgan fingerprint density at radius 1 is 1.30 bits per heavy atom. The number of aliphatic hydroxyl groups is 1. The predicted octanol–water partition coefficient (Wildman–Crippen LogP) is 3.05. The van der Waals surface area contributed by atoms with E-state index in [1.807, 2.05) is 0 Å². The minimum Gasteiger partial charge on any atom is -0.480 e. The number of halogens is 2. The molecule has 1 aromatic rings. The molecule has 0 amide bonds. The number of aliphatic carboxylic acids is 1. The molecular formula is C13H14Cl2O4S. The first kappa shape index (κ1) is 17.3. The molecule has 20 heavy (non-hydrogen) atoms. The number of hydrogen-bond donors (Lipinski definition) is 2. The number of carboxylic acids is 1. The highest BCUT2D eigenvalue weighted by molar-refractivity contribution is 8.00. The van der Waals surface area contributed by atoms with Crippen molar-refractivity contribution in [2.75, 3.05) is 12.4 Å². The summed E-state index contributed by atoms with van der Waals surface area (Å²) in [5, 5.41) is 17.6. The van der Waals surface area contributed by atoms with Crippen molar-refractivity contribution in [3.8, 4) is 0 Å². The normalized spacial score (nSPS) is 12.2. The minimum absolute atomic E-state index is 0.134. The van der Waals surface area contributed by atoms with Gasteiger partial charge in [-0.05, 0) is 24.6 Å². The summed E-state index contributed by atoms with van der Waals surface area (Å²) >= 11 is 12.9. The van der Waals surface area contributed by atoms with E-state index in [9.17, 15) is 9.59 Å². The van der Waals surface area contributed by atoms with Crippen LogP contribution in [0.15, 0.2) is 12.1 Å². The molecule has 1 atom stereocenters. The van der Waals surface area contributed by atoms with Crippen molar-refractivity contribution in [2.24, 2.45) is 0 Å². The van der Waals surface area contributed by atoms with Gasteiger partial charge in [-0.2, -0.15) is 0 Å². The molecule has 4 nitrogen and oxygen atoms in total. The summed E-state index contributed by atoms with van der Waals surface area (Å²) in [6, 6.07) is 2.97. The quantitative estimate of drug-likeness (QED) is 0.748. The maximum atomic E-state index is 12.1. The number of carboxylic acid groups (broad SMARTS) is 1. The van der Waals surface area contributed by atoms with Crippen LogP contribution in [0.1, 0.15) is 22.3 Å². The van der Waals surface area contributed by atoms with E-state index in [-0.39, 0.29) is 24.6 Å². The van der Waals surface area contributed by atoms with Crippen molar-refractivity contribution in [1.29, 1.82) is 0 Å². The summed E-state index contributed by atoms with van der Waals surface area (Å²) in [5.41, 5.74) is 0.968. The van der Waals surface area contributed by atoms with Gasteiger partial charge in [0.25, 0.3) is 0 Å². The van der Waals surface area contributed by atoms with E-state index < -0.39 is 11.2 Å². The van der Waals surface area contributed by atoms with E-state index in [2.05, 4.69) is 0 Å². The SMILES string of the molecule is Cc1c(Cl)cc(C(=O)CC(SCCO)C(=O)O)cc1Cl. The van der Waals surface area contributed by atoms with E-state index in [0.29, 0.717) is 21.2 Å². The summed E-state index contributed by atoms with van der Waals surface area (Å²) in [7, 11) is 0. The zero-order chi connectivity index (χ0) is 15.3. The number of ketones is 1. The van der Waals surface area contributed by atoms with E-state index in [0.717, 1.165) is 11.8 Å². The summed E-state index contributed by atoms with van der Waals surface area (Å²) in [6.07, 6.45) is -0.171. The Morgan fingerprint density at radius 2 is 1.85 bits per heavy atom. The van der Waals surface area contributed by atoms with Crippen molar-refractivity contribution < 1.29 is 19.8 Å². The molecule has 1 aromatic carbocycles. The third-order valence-electron chi connectivity index (χ3n) is 2.66. The topological polar surface area (TPSA) is 74.6 Å². The van der Waals surface area contributed by atoms with Crippen molar-refractivity contribution in [2.45, 2.75) is 18.6 Å². The molecule has 0 bridgehead atoms. The van der Waals surface area contributed by atoms with Gasteiger partial charge in [-0.1, -0.05) is 23.2 Å². The molecule has 0 fully saturated rings. The Morgan fingerprint density at radius 3 is 2.30 bits per heavy atom. The molecule has 0 saturated heterocycles. The van der Waals surface area contributed by atoms with Gasteiger partial charge >= 0.3 is 5.97 Å². The number of thioether (sulfide) groups is 1. The number of aliphatic hydroxyl groups excluding tert-OH is 1. The number of rotatable bonds is 7. The second-order valence-corrected chi connectivity index (χ2v) is 6.24. The number of Topliss-reactive ketones (excluding diaryl/α,β-unsaturated/α-hetero) is 1. The van der Waals surface area contributed by atoms with E-state index in [1.54, 1.807) is 6.92 Å². The average molecular weight is 337 g/mol. The third-order valence-corrected chi connectivity index (χ3v) is 4.63. The van der Waals surface area contributed by atoms with Crippen LogP contribution >= 0.6 is 35.0 Å². The molecule has 0 radical (unpaired) electrons. The fourth-order valence-electron chi connectivity index (χ4n) is 1.51. The lowest BCUT2D eigenvalue weighted by Gasteiger charge is -2.11. The zero-order valence-electron chi connectivity index (χ0n) is 10.7. The number of benzene rings is 1. The molecule has 1 unspecified atom stereocenters. The molecule has 1 rings (SSSR count). The molecule has 0 aliphatic rings. The molecule has 0 saturated carbocycles. The lowest BCUT2D eigenvalue weighted by molar-refractivity contribution is -0.136. The van der Waals surface area contributed by atoms with Gasteiger partial charge in [0.2, 0.25) is 0 Å². The molecule has 0 spiro atoms. The standard InChI is InChI=1S/C13H14Cl2O4S/c1-7-9(14)4-8(5-10(7)15)11(17)6-12(13(18)19)20-3-2-16/h4-5,12,16H,2-3,6H2,1H3,(H,18,19). The summed E-state index contributed by atoms with van der Waals surface area (Å²) in [6.45, 7) is 1.60. The lowest BCUT2D eigenvalue weighted by atomic mass is 10.0. The first-order valence-electron chi connectivity index (χ1n) is 5.81. The van der Waals surface area contributed by atoms with Gasteiger partial charge in [-0.25, -0.2) is 0 Å². The van der Waals surface area contributed by atoms with Crippen molar-refractivity contribution in [1.82, 2.24) is 0 Å². The van der Waals surface area contributed by atoms with Crippen LogP contribution in [-0.2, 0) is 4.79 Å². The van der Waals surface area contributed by atoms with Gasteiger partial charge in [0.05, 0.1) is 6.61 Å². The molecule has 0 heterocycles. The van der Waals surface area contributed by atoms with Gasteiger partial charge in [-0.3, -0.25) is 9.59 Å². The Balaban J connectivity index is 2.86. The monoisotopic (exact) mass is 336 g/mol. The largest absolute Gasteiger partial charge is 0.480 e. The molecule has 0 aromatic heterocycles. The molecular weight excluding hydrogens is 323 g/mol. The van der Waals surface area contributed by atoms with Gasteiger partial charge in [0.15, 0.2) is 5.78 Å². The zero-order valence-corrected chi connectivity index (χ0v) is 13.1. The summed E-state index contributed by atoms with van der Waals surface area (Å²) in [4.78, 5) is 23.1. The highest BCUT2D eigenvalue weighted by Crippen LogP contribution is 2.27. The van der Waals surface area contributed by atoms with Gasteiger partial charge in [-0.15, -0.1) is 11.8 Å². The third kappa shape index (κ3) is 4.66. The van der Waals surface area contributed by atoms with Crippen molar-refractivity contribution in [3.05, 3.63) is 33.3 Å². The predicted molar refractivity (Wildman–Crippen MR) is 81.1 cm³/mol.